The number of amides is 1. The highest BCUT2D eigenvalue weighted by Crippen LogP contribution is 2.32. The number of nitrogens with one attached hydrogen (secondary N) is 1. The molecule has 0 saturated carbocycles. The maximum atomic E-state index is 13.4. The molecule has 15 heteroatoms. The predicted molar refractivity (Wildman–Crippen MR) is 230 cm³/mol. The van der Waals surface area contributed by atoms with Crippen molar-refractivity contribution < 1.29 is 57.3 Å². The highest BCUT2D eigenvalue weighted by atomic mass is 16.6. The van der Waals surface area contributed by atoms with Gasteiger partial charge in [0.05, 0.1) is 130 Å². The number of aliphatic carboxylic acids is 1. The second-order valence-corrected chi connectivity index (χ2v) is 13.5. The first-order chi connectivity index (χ1) is 29.4. The fourth-order valence-corrected chi connectivity index (χ4v) is 5.78. The van der Waals surface area contributed by atoms with Crippen molar-refractivity contribution in [3.8, 4) is 11.3 Å². The van der Waals surface area contributed by atoms with Crippen LogP contribution in [0, 0.1) is 6.92 Å². The lowest BCUT2D eigenvalue weighted by Gasteiger charge is -2.23. The summed E-state index contributed by atoms with van der Waals surface area (Å²) in [7, 11) is 0. The van der Waals surface area contributed by atoms with Crippen LogP contribution in [0.4, 0.5) is 11.4 Å². The second-order valence-electron chi connectivity index (χ2n) is 13.5. The van der Waals surface area contributed by atoms with Crippen molar-refractivity contribution in [1.82, 2.24) is 4.98 Å². The molecule has 0 fully saturated rings. The van der Waals surface area contributed by atoms with E-state index in [1.54, 1.807) is 6.20 Å². The predicted octanol–water partition coefficient (Wildman–Crippen LogP) is 5.71. The smallest absolute Gasteiger partial charge is 0.305 e. The van der Waals surface area contributed by atoms with Crippen LogP contribution in [0.2, 0.25) is 0 Å². The number of ether oxygens (including phenoxy) is 9. The Kier molecular flexibility index (Phi) is 27.4. The highest BCUT2D eigenvalue weighted by molar-refractivity contribution is 6.06. The number of aromatic nitrogens is 1. The van der Waals surface area contributed by atoms with Gasteiger partial charge in [-0.3, -0.25) is 14.6 Å². The van der Waals surface area contributed by atoms with Gasteiger partial charge in [0.25, 0.3) is 5.91 Å². The zero-order chi connectivity index (χ0) is 42.9. The molecule has 1 amide bonds. The summed E-state index contributed by atoms with van der Waals surface area (Å²) in [6.45, 7) is 16.3. The lowest BCUT2D eigenvalue weighted by Crippen LogP contribution is -2.22. The Morgan fingerprint density at radius 3 is 1.60 bits per heavy atom. The number of hydrogen-bond donors (Lipinski definition) is 2. The molecular weight excluding hydrogens is 775 g/mol. The Labute approximate surface area is 355 Å². The van der Waals surface area contributed by atoms with Gasteiger partial charge >= 0.3 is 5.97 Å². The van der Waals surface area contributed by atoms with Gasteiger partial charge in [0, 0.05) is 42.7 Å². The number of carboxylic acids is 1. The van der Waals surface area contributed by atoms with Crippen molar-refractivity contribution in [3.05, 3.63) is 77.5 Å². The Morgan fingerprint density at radius 2 is 1.12 bits per heavy atom. The Morgan fingerprint density at radius 1 is 0.617 bits per heavy atom. The van der Waals surface area contributed by atoms with Gasteiger partial charge in [-0.1, -0.05) is 12.1 Å². The number of anilines is 2. The number of rotatable bonds is 37. The van der Waals surface area contributed by atoms with E-state index >= 15 is 0 Å². The molecular formula is C45H67N3O12. The summed E-state index contributed by atoms with van der Waals surface area (Å²) in [5.41, 5.74) is 6.32. The minimum atomic E-state index is -0.877. The maximum absolute atomic E-state index is 13.4. The molecule has 334 valence electrons. The maximum Gasteiger partial charge on any atom is 0.305 e. The molecule has 2 aromatic carbocycles. The first-order valence-electron chi connectivity index (χ1n) is 21.0. The van der Waals surface area contributed by atoms with Crippen molar-refractivity contribution in [2.24, 2.45) is 0 Å². The fourth-order valence-electron chi connectivity index (χ4n) is 5.78. The van der Waals surface area contributed by atoms with Gasteiger partial charge in [-0.15, -0.1) is 0 Å². The first-order valence-corrected chi connectivity index (χ1v) is 21.0. The number of carbonyl (C=O) groups excluding carboxylic acids is 1. The molecule has 0 saturated heterocycles. The minimum absolute atomic E-state index is 0.00733. The van der Waals surface area contributed by atoms with E-state index in [1.807, 2.05) is 55.5 Å². The number of carboxylic acid groups (broad SMARTS) is 1. The average molecular weight is 842 g/mol. The van der Waals surface area contributed by atoms with E-state index in [2.05, 4.69) is 35.1 Å². The third-order valence-electron chi connectivity index (χ3n) is 8.95. The number of hydrogen-bond acceptors (Lipinski definition) is 13. The summed E-state index contributed by atoms with van der Waals surface area (Å²) < 4.78 is 49.3. The van der Waals surface area contributed by atoms with Crippen molar-refractivity contribution in [2.45, 2.75) is 40.0 Å². The summed E-state index contributed by atoms with van der Waals surface area (Å²) in [6.07, 6.45) is 3.42. The fraction of sp³-hybridized carbons (Fsp3) is 0.578. The van der Waals surface area contributed by atoms with Gasteiger partial charge in [0.1, 0.15) is 0 Å². The van der Waals surface area contributed by atoms with Crippen LogP contribution in [0.25, 0.3) is 11.3 Å². The Balaban J connectivity index is 1.12. The van der Waals surface area contributed by atoms with Crippen LogP contribution in [-0.4, -0.2) is 154 Å². The van der Waals surface area contributed by atoms with E-state index in [9.17, 15) is 9.59 Å². The van der Waals surface area contributed by atoms with Crippen molar-refractivity contribution in [3.63, 3.8) is 0 Å². The van der Waals surface area contributed by atoms with Gasteiger partial charge in [-0.25, -0.2) is 0 Å². The summed E-state index contributed by atoms with van der Waals surface area (Å²) >= 11 is 0. The molecule has 15 nitrogen and oxygen atoms in total. The molecule has 0 unspecified atom stereocenters. The first kappa shape index (κ1) is 50.3. The summed E-state index contributed by atoms with van der Waals surface area (Å²) in [4.78, 5) is 30.7. The molecule has 0 bridgehead atoms. The normalized spacial score (nSPS) is 11.2. The molecule has 3 rings (SSSR count). The van der Waals surface area contributed by atoms with Crippen molar-refractivity contribution in [1.29, 1.82) is 0 Å². The van der Waals surface area contributed by atoms with Crippen LogP contribution in [-0.2, 0) is 53.8 Å². The van der Waals surface area contributed by atoms with E-state index in [1.165, 1.54) is 0 Å². The van der Waals surface area contributed by atoms with Gasteiger partial charge in [0.2, 0.25) is 0 Å². The van der Waals surface area contributed by atoms with Gasteiger partial charge in [0.15, 0.2) is 0 Å². The quantitative estimate of drug-likeness (QED) is 0.0678. The van der Waals surface area contributed by atoms with Crippen molar-refractivity contribution >= 4 is 23.3 Å². The standard InChI is InChI=1S/C45H67N3O12/c1-4-48(5-2)40-11-12-42(41(36-40)43-34-37(3)13-15-46-43)47-45(51)39-10-6-8-38(35-39)9-7-16-52-18-20-54-22-24-56-26-28-58-30-32-60-33-31-59-29-27-57-25-23-55-21-19-53-17-14-44(49)50/h6,8,10-13,15,34-36H,4-5,7,9,14,16-33H2,1-3H3,(H,47,51)(H,49,50). The molecule has 0 spiro atoms. The largest absolute Gasteiger partial charge is 0.481 e. The molecule has 0 radical (unpaired) electrons. The summed E-state index contributed by atoms with van der Waals surface area (Å²) in [6, 6.07) is 17.9. The molecule has 1 heterocycles. The lowest BCUT2D eigenvalue weighted by molar-refractivity contribution is -0.138. The lowest BCUT2D eigenvalue weighted by atomic mass is 10.0. The second kappa shape index (κ2) is 32.7. The molecule has 2 N–H and O–H groups in total. The Bertz CT molecular complexity index is 1590. The zero-order valence-corrected chi connectivity index (χ0v) is 35.9. The van der Waals surface area contributed by atoms with Crippen LogP contribution in [0.1, 0.15) is 48.2 Å². The number of benzene rings is 2. The minimum Gasteiger partial charge on any atom is -0.481 e. The topological polar surface area (TPSA) is 166 Å². The van der Waals surface area contributed by atoms with Crippen LogP contribution < -0.4 is 10.2 Å². The number of nitrogens with zero attached hydrogens (tertiary/aromatic N) is 2. The third-order valence-corrected chi connectivity index (χ3v) is 8.95. The van der Waals surface area contributed by atoms with Gasteiger partial charge in [-0.2, -0.15) is 0 Å². The highest BCUT2D eigenvalue weighted by Gasteiger charge is 2.15. The summed E-state index contributed by atoms with van der Waals surface area (Å²) in [5.74, 6) is -1.04. The van der Waals surface area contributed by atoms with E-state index in [4.69, 9.17) is 47.7 Å². The van der Waals surface area contributed by atoms with Crippen molar-refractivity contribution in [2.75, 3.05) is 142 Å². The summed E-state index contributed by atoms with van der Waals surface area (Å²) in [5, 5.41) is 11.7. The SMILES string of the molecule is CCN(CC)c1ccc(NC(=O)c2cccc(CCCOCCOCCOCCOCCOCCOCCOCCOCCOCCC(=O)O)c2)c(-c2cc(C)ccn2)c1. The van der Waals surface area contributed by atoms with Gasteiger partial charge < -0.3 is 58.0 Å². The molecule has 1 aromatic heterocycles. The third kappa shape index (κ3) is 22.5. The van der Waals surface area contributed by atoms with E-state index in [0.717, 1.165) is 59.7 Å². The number of pyridine rings is 1. The molecule has 0 aliphatic rings. The zero-order valence-electron chi connectivity index (χ0n) is 35.9. The molecule has 60 heavy (non-hydrogen) atoms. The van der Waals surface area contributed by atoms with Gasteiger partial charge in [-0.05, 0) is 87.2 Å². The van der Waals surface area contributed by atoms with Crippen LogP contribution in [0.5, 0.6) is 0 Å². The molecule has 3 aromatic rings. The molecule has 0 aliphatic heterocycles. The van der Waals surface area contributed by atoms with Crippen LogP contribution in [0.15, 0.2) is 60.8 Å². The molecule has 0 atom stereocenters. The van der Waals surface area contributed by atoms with Crippen LogP contribution in [0.3, 0.4) is 0 Å². The Hall–Kier alpha value is -4.03. The van der Waals surface area contributed by atoms with E-state index < -0.39 is 5.97 Å². The molecule has 0 aliphatic carbocycles. The number of carbonyl (C=O) groups is 2. The van der Waals surface area contributed by atoms with E-state index in [-0.39, 0.29) is 18.9 Å². The number of aryl methyl sites for hydroxylation is 2. The average Bonchev–Trinajstić information content (AvgIpc) is 3.25. The monoisotopic (exact) mass is 841 g/mol. The van der Waals surface area contributed by atoms with E-state index in [0.29, 0.717) is 118 Å². The van der Waals surface area contributed by atoms with Crippen LogP contribution >= 0.6 is 0 Å².